The lowest BCUT2D eigenvalue weighted by Gasteiger charge is -2.35. The fourth-order valence-corrected chi connectivity index (χ4v) is 4.72. The van der Waals surface area contributed by atoms with Crippen LogP contribution in [0.4, 0.5) is 0 Å². The summed E-state index contributed by atoms with van der Waals surface area (Å²) in [5.74, 6) is 0.749. The Balaban J connectivity index is 1.52. The van der Waals surface area contributed by atoms with Crippen molar-refractivity contribution in [3.63, 3.8) is 0 Å². The standard InChI is InChI=1S/C21H37N3OS/c26-21(22-20-10-6-1-2-7-11-20)24(18-19-8-4-3-5-9-19)13-12-23-14-16-25-17-15-23/h3-4,19-20H,1-2,5-18H2,(H,22,26). The van der Waals surface area contributed by atoms with Gasteiger partial charge in [0.2, 0.25) is 0 Å². The van der Waals surface area contributed by atoms with Gasteiger partial charge in [0.15, 0.2) is 5.11 Å². The lowest BCUT2D eigenvalue weighted by Crippen LogP contribution is -2.49. The quantitative estimate of drug-likeness (QED) is 0.433. The first-order valence-electron chi connectivity index (χ1n) is 10.8. The molecule has 0 spiro atoms. The highest BCUT2D eigenvalue weighted by Crippen LogP contribution is 2.21. The van der Waals surface area contributed by atoms with Crippen molar-refractivity contribution in [1.29, 1.82) is 0 Å². The maximum Gasteiger partial charge on any atom is 0.169 e. The van der Waals surface area contributed by atoms with Gasteiger partial charge in [-0.2, -0.15) is 0 Å². The van der Waals surface area contributed by atoms with E-state index in [1.807, 2.05) is 0 Å². The second-order valence-electron chi connectivity index (χ2n) is 8.19. The number of hydrogen-bond acceptors (Lipinski definition) is 3. The lowest BCUT2D eigenvalue weighted by atomic mass is 9.94. The van der Waals surface area contributed by atoms with E-state index in [0.717, 1.165) is 57.0 Å². The fourth-order valence-electron chi connectivity index (χ4n) is 4.39. The third kappa shape index (κ3) is 6.82. The molecule has 0 aromatic heterocycles. The van der Waals surface area contributed by atoms with Crippen molar-refractivity contribution in [1.82, 2.24) is 15.1 Å². The minimum absolute atomic E-state index is 0.585. The Morgan fingerprint density at radius 1 is 1.08 bits per heavy atom. The van der Waals surface area contributed by atoms with E-state index in [2.05, 4.69) is 27.3 Å². The minimum Gasteiger partial charge on any atom is -0.379 e. The van der Waals surface area contributed by atoms with Crippen molar-refractivity contribution >= 4 is 17.3 Å². The third-order valence-electron chi connectivity index (χ3n) is 6.12. The van der Waals surface area contributed by atoms with E-state index < -0.39 is 0 Å². The van der Waals surface area contributed by atoms with Crippen LogP contribution in [0.5, 0.6) is 0 Å². The van der Waals surface area contributed by atoms with Gasteiger partial charge in [0, 0.05) is 38.8 Å². The number of nitrogens with one attached hydrogen (secondary N) is 1. The molecule has 148 valence electrons. The molecule has 5 heteroatoms. The minimum atomic E-state index is 0.585. The largest absolute Gasteiger partial charge is 0.379 e. The van der Waals surface area contributed by atoms with Gasteiger partial charge in [0.25, 0.3) is 0 Å². The van der Waals surface area contributed by atoms with Crippen LogP contribution in [0.25, 0.3) is 0 Å². The normalized spacial score (nSPS) is 25.6. The van der Waals surface area contributed by atoms with Gasteiger partial charge in [0.05, 0.1) is 13.2 Å². The average molecular weight is 380 g/mol. The fraction of sp³-hybridized carbons (Fsp3) is 0.857. The summed E-state index contributed by atoms with van der Waals surface area (Å²) in [6.07, 6.45) is 16.5. The molecule has 0 aromatic carbocycles. The molecule has 1 saturated heterocycles. The van der Waals surface area contributed by atoms with Gasteiger partial charge >= 0.3 is 0 Å². The molecule has 0 radical (unpaired) electrons. The van der Waals surface area contributed by atoms with E-state index in [4.69, 9.17) is 17.0 Å². The van der Waals surface area contributed by atoms with Gasteiger partial charge in [-0.3, -0.25) is 4.90 Å². The predicted octanol–water partition coefficient (Wildman–Crippen LogP) is 3.57. The van der Waals surface area contributed by atoms with Crippen LogP contribution >= 0.6 is 12.2 Å². The first kappa shape index (κ1) is 20.1. The molecule has 1 saturated carbocycles. The Hall–Kier alpha value is -0.650. The highest BCUT2D eigenvalue weighted by molar-refractivity contribution is 7.80. The number of allylic oxidation sites excluding steroid dienone is 2. The topological polar surface area (TPSA) is 27.7 Å². The maximum absolute atomic E-state index is 5.89. The van der Waals surface area contributed by atoms with Gasteiger partial charge in [-0.25, -0.2) is 0 Å². The molecule has 0 amide bonds. The van der Waals surface area contributed by atoms with Crippen molar-refractivity contribution in [2.45, 2.75) is 63.8 Å². The van der Waals surface area contributed by atoms with Crippen LogP contribution < -0.4 is 5.32 Å². The molecule has 0 bridgehead atoms. The van der Waals surface area contributed by atoms with Crippen LogP contribution in [0.1, 0.15) is 57.8 Å². The average Bonchev–Trinajstić information content (AvgIpc) is 2.95. The summed E-state index contributed by atoms with van der Waals surface area (Å²) < 4.78 is 5.49. The summed E-state index contributed by atoms with van der Waals surface area (Å²) in [5, 5.41) is 4.73. The summed E-state index contributed by atoms with van der Waals surface area (Å²) in [6, 6.07) is 0.585. The molecule has 1 heterocycles. The van der Waals surface area contributed by atoms with E-state index in [9.17, 15) is 0 Å². The van der Waals surface area contributed by atoms with Gasteiger partial charge in [0.1, 0.15) is 0 Å². The summed E-state index contributed by atoms with van der Waals surface area (Å²) in [5.41, 5.74) is 0. The summed E-state index contributed by atoms with van der Waals surface area (Å²) in [7, 11) is 0. The molecular weight excluding hydrogens is 342 g/mol. The van der Waals surface area contributed by atoms with Crippen LogP contribution in [-0.2, 0) is 4.74 Å². The summed E-state index contributed by atoms with van der Waals surface area (Å²) in [4.78, 5) is 4.99. The monoisotopic (exact) mass is 379 g/mol. The number of rotatable bonds is 6. The number of ether oxygens (including phenoxy) is 1. The van der Waals surface area contributed by atoms with Gasteiger partial charge in [-0.15, -0.1) is 0 Å². The third-order valence-corrected chi connectivity index (χ3v) is 6.49. The van der Waals surface area contributed by atoms with Crippen LogP contribution in [0.3, 0.4) is 0 Å². The Morgan fingerprint density at radius 3 is 2.54 bits per heavy atom. The van der Waals surface area contributed by atoms with E-state index in [1.54, 1.807) is 0 Å². The Labute approximate surface area is 165 Å². The Kier molecular flexibility index (Phi) is 8.70. The molecule has 4 nitrogen and oxygen atoms in total. The van der Waals surface area contributed by atoms with Crippen molar-refractivity contribution in [2.75, 3.05) is 45.9 Å². The predicted molar refractivity (Wildman–Crippen MR) is 113 cm³/mol. The van der Waals surface area contributed by atoms with E-state index >= 15 is 0 Å². The van der Waals surface area contributed by atoms with E-state index in [1.165, 1.54) is 57.8 Å². The zero-order chi connectivity index (χ0) is 18.0. The van der Waals surface area contributed by atoms with Crippen LogP contribution in [0.2, 0.25) is 0 Å². The molecule has 1 N–H and O–H groups in total. The first-order chi connectivity index (χ1) is 12.8. The van der Waals surface area contributed by atoms with Crippen LogP contribution in [0.15, 0.2) is 12.2 Å². The molecule has 3 rings (SSSR count). The van der Waals surface area contributed by atoms with E-state index in [0.29, 0.717) is 6.04 Å². The molecular formula is C21H37N3OS. The molecule has 1 atom stereocenters. The zero-order valence-corrected chi connectivity index (χ0v) is 17.2. The van der Waals surface area contributed by atoms with Gasteiger partial charge in [-0.1, -0.05) is 37.8 Å². The number of thiocarbonyl (C=S) groups is 1. The summed E-state index contributed by atoms with van der Waals surface area (Å²) in [6.45, 7) is 7.10. The Morgan fingerprint density at radius 2 is 1.85 bits per heavy atom. The smallest absolute Gasteiger partial charge is 0.169 e. The van der Waals surface area contributed by atoms with Gasteiger partial charge in [-0.05, 0) is 50.2 Å². The van der Waals surface area contributed by atoms with Crippen molar-refractivity contribution in [3.8, 4) is 0 Å². The van der Waals surface area contributed by atoms with Crippen molar-refractivity contribution in [3.05, 3.63) is 12.2 Å². The van der Waals surface area contributed by atoms with Gasteiger partial charge < -0.3 is 15.0 Å². The number of morpholine rings is 1. The van der Waals surface area contributed by atoms with Crippen molar-refractivity contribution < 1.29 is 4.74 Å². The molecule has 2 fully saturated rings. The highest BCUT2D eigenvalue weighted by Gasteiger charge is 2.21. The second-order valence-corrected chi connectivity index (χ2v) is 8.58. The molecule has 1 unspecified atom stereocenters. The lowest BCUT2D eigenvalue weighted by molar-refractivity contribution is 0.0354. The van der Waals surface area contributed by atoms with E-state index in [-0.39, 0.29) is 0 Å². The summed E-state index contributed by atoms with van der Waals surface area (Å²) >= 11 is 5.89. The first-order valence-corrected chi connectivity index (χ1v) is 11.2. The maximum atomic E-state index is 5.89. The Bertz CT molecular complexity index is 443. The number of hydrogen-bond donors (Lipinski definition) is 1. The molecule has 1 aliphatic heterocycles. The van der Waals surface area contributed by atoms with Crippen LogP contribution in [0, 0.1) is 5.92 Å². The molecule has 3 aliphatic rings. The second kappa shape index (κ2) is 11.3. The SMILES string of the molecule is S=C(NC1CCCCCC1)N(CCN1CCOCC1)CC1CC=CCC1. The van der Waals surface area contributed by atoms with Crippen molar-refractivity contribution in [2.24, 2.45) is 5.92 Å². The molecule has 0 aromatic rings. The molecule has 2 aliphatic carbocycles. The number of nitrogens with zero attached hydrogens (tertiary/aromatic N) is 2. The van der Waals surface area contributed by atoms with Crippen LogP contribution in [-0.4, -0.2) is 66.9 Å². The zero-order valence-electron chi connectivity index (χ0n) is 16.3. The highest BCUT2D eigenvalue weighted by atomic mass is 32.1. The molecule has 26 heavy (non-hydrogen) atoms.